The fraction of sp³-hybridized carbons (Fsp3) is 0.158. The average molecular weight is 398 g/mol. The van der Waals surface area contributed by atoms with Crippen LogP contribution in [0.1, 0.15) is 6.42 Å². The van der Waals surface area contributed by atoms with Gasteiger partial charge in [-0.15, -0.1) is 10.2 Å². The molecule has 0 atom stereocenters. The lowest BCUT2D eigenvalue weighted by Gasteiger charge is -2.06. The number of amides is 1. The van der Waals surface area contributed by atoms with Gasteiger partial charge in [0, 0.05) is 24.6 Å². The number of halogens is 1. The second kappa shape index (κ2) is 7.54. The number of thioether (sulfide) groups is 1. The van der Waals surface area contributed by atoms with Gasteiger partial charge >= 0.3 is 0 Å². The minimum atomic E-state index is -0.103. The Kier molecular flexibility index (Phi) is 4.96. The first-order chi connectivity index (χ1) is 13.1. The highest BCUT2D eigenvalue weighted by molar-refractivity contribution is 7.99. The highest BCUT2D eigenvalue weighted by atomic mass is 35.5. The van der Waals surface area contributed by atoms with Gasteiger partial charge in [0.25, 0.3) is 0 Å². The molecule has 0 spiro atoms. The molecule has 0 aliphatic rings. The van der Waals surface area contributed by atoms with Gasteiger partial charge in [0.2, 0.25) is 11.1 Å². The zero-order valence-corrected chi connectivity index (χ0v) is 16.1. The quantitative estimate of drug-likeness (QED) is 0.508. The lowest BCUT2D eigenvalue weighted by atomic mass is 10.2. The molecule has 0 saturated carbocycles. The number of aromatic nitrogens is 4. The van der Waals surface area contributed by atoms with Crippen LogP contribution in [0.15, 0.2) is 53.7 Å². The number of hydrogen-bond donors (Lipinski definition) is 1. The topological polar surface area (TPSA) is 72.7 Å². The molecule has 2 aromatic carbocycles. The van der Waals surface area contributed by atoms with Crippen molar-refractivity contribution in [3.8, 4) is 0 Å². The first kappa shape index (κ1) is 17.8. The van der Waals surface area contributed by atoms with Crippen LogP contribution in [0, 0.1) is 0 Å². The summed E-state index contributed by atoms with van der Waals surface area (Å²) in [5, 5.41) is 13.5. The molecule has 2 aromatic heterocycles. The van der Waals surface area contributed by atoms with E-state index in [0.717, 1.165) is 22.1 Å². The van der Waals surface area contributed by atoms with Crippen molar-refractivity contribution in [3.63, 3.8) is 0 Å². The van der Waals surface area contributed by atoms with E-state index in [1.807, 2.05) is 48.0 Å². The zero-order chi connectivity index (χ0) is 18.8. The maximum absolute atomic E-state index is 12.1. The van der Waals surface area contributed by atoms with Crippen LogP contribution in [0.4, 0.5) is 5.69 Å². The molecule has 0 aliphatic heterocycles. The van der Waals surface area contributed by atoms with Gasteiger partial charge in [-0.25, -0.2) is 4.98 Å². The van der Waals surface area contributed by atoms with Crippen LogP contribution in [0.25, 0.3) is 22.1 Å². The van der Waals surface area contributed by atoms with Gasteiger partial charge in [0.05, 0.1) is 16.2 Å². The van der Waals surface area contributed by atoms with Crippen molar-refractivity contribution in [2.24, 2.45) is 7.05 Å². The number of hydrogen-bond acceptors (Lipinski definition) is 5. The normalized spacial score (nSPS) is 11.2. The van der Waals surface area contributed by atoms with Gasteiger partial charge in [0.1, 0.15) is 5.52 Å². The molecule has 1 N–H and O–H groups in total. The number of anilines is 1. The number of nitrogens with zero attached hydrogens (tertiary/aromatic N) is 4. The van der Waals surface area contributed by atoms with Crippen LogP contribution in [-0.2, 0) is 11.8 Å². The first-order valence-electron chi connectivity index (χ1n) is 8.38. The minimum Gasteiger partial charge on any atom is -0.327 e. The molecule has 0 saturated heterocycles. The third kappa shape index (κ3) is 3.61. The molecule has 1 amide bonds. The number of aryl methyl sites for hydroxylation is 1. The molecule has 6 nitrogen and oxygen atoms in total. The molecule has 0 radical (unpaired) electrons. The third-order valence-corrected chi connectivity index (χ3v) is 5.36. The van der Waals surface area contributed by atoms with E-state index in [9.17, 15) is 4.79 Å². The lowest BCUT2D eigenvalue weighted by molar-refractivity contribution is -0.115. The van der Waals surface area contributed by atoms with E-state index in [4.69, 9.17) is 11.6 Å². The summed E-state index contributed by atoms with van der Waals surface area (Å²) in [5.41, 5.74) is 3.25. The number of carbonyl (C=O) groups is 1. The Balaban J connectivity index is 1.43. The van der Waals surface area contributed by atoms with Gasteiger partial charge < -0.3 is 9.88 Å². The maximum atomic E-state index is 12.1. The van der Waals surface area contributed by atoms with Gasteiger partial charge in [-0.1, -0.05) is 53.7 Å². The number of fused-ring (bicyclic) bond motifs is 3. The summed E-state index contributed by atoms with van der Waals surface area (Å²) in [5.74, 6) is 0.446. The third-order valence-electron chi connectivity index (χ3n) is 4.20. The molecule has 4 rings (SSSR count). The molecule has 4 aromatic rings. The Morgan fingerprint density at radius 2 is 1.93 bits per heavy atom. The summed E-state index contributed by atoms with van der Waals surface area (Å²) in [7, 11) is 1.96. The second-order valence-corrected chi connectivity index (χ2v) is 7.44. The number of nitrogens with one attached hydrogen (secondary N) is 1. The molecular formula is C19H16ClN5OS. The lowest BCUT2D eigenvalue weighted by Crippen LogP contribution is -2.12. The van der Waals surface area contributed by atoms with Crippen molar-refractivity contribution >= 4 is 57.0 Å². The molecule has 0 fully saturated rings. The molecule has 8 heteroatoms. The van der Waals surface area contributed by atoms with Gasteiger partial charge in [0.15, 0.2) is 5.65 Å². The largest absolute Gasteiger partial charge is 0.327 e. The van der Waals surface area contributed by atoms with Gasteiger partial charge in [-0.05, 0) is 18.2 Å². The monoisotopic (exact) mass is 397 g/mol. The van der Waals surface area contributed by atoms with Crippen molar-refractivity contribution in [2.45, 2.75) is 11.6 Å². The van der Waals surface area contributed by atoms with E-state index in [1.54, 1.807) is 12.1 Å². The minimum absolute atomic E-state index is 0.103. The molecule has 27 heavy (non-hydrogen) atoms. The van der Waals surface area contributed by atoms with E-state index < -0.39 is 0 Å². The highest BCUT2D eigenvalue weighted by Gasteiger charge is 2.13. The summed E-state index contributed by atoms with van der Waals surface area (Å²) >= 11 is 7.46. The molecular weight excluding hydrogens is 382 g/mol. The average Bonchev–Trinajstić information content (AvgIpc) is 2.96. The van der Waals surface area contributed by atoms with Crippen LogP contribution in [-0.4, -0.2) is 31.4 Å². The summed E-state index contributed by atoms with van der Waals surface area (Å²) in [6.45, 7) is 0. The summed E-state index contributed by atoms with van der Waals surface area (Å²) in [6.07, 6.45) is 0.326. The number of para-hydroxylation sites is 2. The molecule has 136 valence electrons. The van der Waals surface area contributed by atoms with Crippen molar-refractivity contribution in [3.05, 3.63) is 53.6 Å². The van der Waals surface area contributed by atoms with Gasteiger partial charge in [-0.2, -0.15) is 0 Å². The summed E-state index contributed by atoms with van der Waals surface area (Å²) in [4.78, 5) is 16.7. The predicted molar refractivity (Wildman–Crippen MR) is 109 cm³/mol. The van der Waals surface area contributed by atoms with E-state index in [2.05, 4.69) is 20.5 Å². The van der Waals surface area contributed by atoms with Crippen molar-refractivity contribution in [1.29, 1.82) is 0 Å². The van der Waals surface area contributed by atoms with Crippen molar-refractivity contribution in [2.75, 3.05) is 11.1 Å². The highest BCUT2D eigenvalue weighted by Crippen LogP contribution is 2.26. The first-order valence-corrected chi connectivity index (χ1v) is 9.75. The van der Waals surface area contributed by atoms with Crippen LogP contribution in [0.5, 0.6) is 0 Å². The van der Waals surface area contributed by atoms with Crippen molar-refractivity contribution in [1.82, 2.24) is 19.7 Å². The van der Waals surface area contributed by atoms with Crippen LogP contribution >= 0.6 is 23.4 Å². The number of benzene rings is 2. The smallest absolute Gasteiger partial charge is 0.225 e. The number of rotatable bonds is 5. The van der Waals surface area contributed by atoms with E-state index in [-0.39, 0.29) is 5.91 Å². The second-order valence-electron chi connectivity index (χ2n) is 5.97. The van der Waals surface area contributed by atoms with E-state index >= 15 is 0 Å². The van der Waals surface area contributed by atoms with E-state index in [0.29, 0.717) is 28.0 Å². The Bertz CT molecular complexity index is 1140. The van der Waals surface area contributed by atoms with Crippen LogP contribution in [0.2, 0.25) is 5.02 Å². The number of carbonyl (C=O) groups excluding carboxylic acids is 1. The van der Waals surface area contributed by atoms with Crippen molar-refractivity contribution < 1.29 is 4.79 Å². The Morgan fingerprint density at radius 1 is 1.15 bits per heavy atom. The Morgan fingerprint density at radius 3 is 2.78 bits per heavy atom. The maximum Gasteiger partial charge on any atom is 0.225 e. The summed E-state index contributed by atoms with van der Waals surface area (Å²) < 4.78 is 2.01. The van der Waals surface area contributed by atoms with E-state index in [1.165, 1.54) is 11.8 Å². The molecule has 0 aliphatic carbocycles. The fourth-order valence-electron chi connectivity index (χ4n) is 2.86. The molecule has 0 bridgehead atoms. The molecule has 2 heterocycles. The standard InChI is InChI=1S/C19H16ClN5OS/c1-25-15-9-5-2-6-12(15)17-18(25)22-19(24-23-17)27-11-10-16(26)21-14-8-4-3-7-13(14)20/h2-9H,10-11H2,1H3,(H,21,26). The fourth-order valence-corrected chi connectivity index (χ4v) is 3.77. The van der Waals surface area contributed by atoms with Crippen LogP contribution in [0.3, 0.4) is 0 Å². The zero-order valence-electron chi connectivity index (χ0n) is 14.5. The Labute approximate surface area is 164 Å². The van der Waals surface area contributed by atoms with Gasteiger partial charge in [-0.3, -0.25) is 4.79 Å². The summed E-state index contributed by atoms with van der Waals surface area (Å²) in [6, 6.07) is 15.2. The SMILES string of the molecule is Cn1c2ccccc2c2nnc(SCCC(=O)Nc3ccccc3Cl)nc21. The van der Waals surface area contributed by atoms with Crippen LogP contribution < -0.4 is 5.32 Å². The predicted octanol–water partition coefficient (Wildman–Crippen LogP) is 4.29. The molecule has 0 unspecified atom stereocenters. The Hall–Kier alpha value is -2.64.